The Kier molecular flexibility index (Phi) is 10.9. The van der Waals surface area contributed by atoms with E-state index in [1.54, 1.807) is 27.7 Å². The Morgan fingerprint density at radius 1 is 1.12 bits per heavy atom. The molecule has 0 heterocycles. The normalized spacial score (nSPS) is 10.0. The van der Waals surface area contributed by atoms with E-state index in [2.05, 4.69) is 19.2 Å². The molecule has 0 aliphatic heterocycles. The summed E-state index contributed by atoms with van der Waals surface area (Å²) in [4.78, 5) is 22.0. The van der Waals surface area contributed by atoms with Gasteiger partial charge in [0.2, 0.25) is 0 Å². The molecular weight excluding hydrogens is 218 g/mol. The third kappa shape index (κ3) is 17.5. The number of ether oxygens (including phenoxy) is 1. The van der Waals surface area contributed by atoms with Gasteiger partial charge in [0.05, 0.1) is 0 Å². The Morgan fingerprint density at radius 3 is 1.94 bits per heavy atom. The molecule has 0 aliphatic carbocycles. The van der Waals surface area contributed by atoms with Gasteiger partial charge in [0.1, 0.15) is 11.4 Å². The van der Waals surface area contributed by atoms with Crippen molar-refractivity contribution < 1.29 is 14.3 Å². The maximum atomic E-state index is 11.1. The highest BCUT2D eigenvalue weighted by molar-refractivity contribution is 5.78. The molecule has 0 aromatic heterocycles. The van der Waals surface area contributed by atoms with E-state index in [-0.39, 0.29) is 5.78 Å². The van der Waals surface area contributed by atoms with Crippen LogP contribution < -0.4 is 5.32 Å². The second-order valence-electron chi connectivity index (χ2n) is 4.78. The highest BCUT2D eigenvalue weighted by Gasteiger charge is 2.15. The summed E-state index contributed by atoms with van der Waals surface area (Å²) in [5, 5.41) is 2.52. The van der Waals surface area contributed by atoms with E-state index >= 15 is 0 Å². The van der Waals surface area contributed by atoms with Gasteiger partial charge in [-0.1, -0.05) is 27.2 Å². The Morgan fingerprint density at radius 2 is 1.59 bits per heavy atom. The third-order valence-corrected chi connectivity index (χ3v) is 1.47. The molecule has 17 heavy (non-hydrogen) atoms. The fraction of sp³-hybridized carbons (Fsp3) is 0.846. The molecule has 4 nitrogen and oxygen atoms in total. The van der Waals surface area contributed by atoms with Gasteiger partial charge in [0.25, 0.3) is 0 Å². The Hall–Kier alpha value is -1.06. The first-order chi connectivity index (χ1) is 7.76. The van der Waals surface area contributed by atoms with Gasteiger partial charge in [-0.3, -0.25) is 4.79 Å². The number of nitrogens with one attached hydrogen (secondary N) is 1. The van der Waals surface area contributed by atoms with Crippen LogP contribution in [0.2, 0.25) is 0 Å². The number of alkyl carbamates (subject to hydrolysis) is 1. The lowest BCUT2D eigenvalue weighted by molar-refractivity contribution is -0.118. The third-order valence-electron chi connectivity index (χ3n) is 1.47. The molecule has 0 unspecified atom stereocenters. The first-order valence-electron chi connectivity index (χ1n) is 6.25. The van der Waals surface area contributed by atoms with Gasteiger partial charge in [-0.2, -0.15) is 0 Å². The molecule has 0 spiro atoms. The lowest BCUT2D eigenvalue weighted by Crippen LogP contribution is -2.33. The maximum absolute atomic E-state index is 11.1. The lowest BCUT2D eigenvalue weighted by Gasteiger charge is -2.19. The number of ketones is 1. The number of hydrogen-bond acceptors (Lipinski definition) is 3. The molecule has 0 aromatic carbocycles. The number of rotatable bonds is 4. The molecular formula is C13H27NO3. The van der Waals surface area contributed by atoms with Gasteiger partial charge in [0, 0.05) is 19.4 Å². The van der Waals surface area contributed by atoms with Crippen LogP contribution in [-0.2, 0) is 9.53 Å². The first-order valence-corrected chi connectivity index (χ1v) is 6.25. The maximum Gasteiger partial charge on any atom is 0.407 e. The summed E-state index contributed by atoms with van der Waals surface area (Å²) < 4.78 is 4.99. The minimum atomic E-state index is -0.487. The fourth-order valence-corrected chi connectivity index (χ4v) is 0.795. The van der Waals surface area contributed by atoms with Crippen molar-refractivity contribution in [3.63, 3.8) is 0 Å². The highest BCUT2D eigenvalue weighted by atomic mass is 16.6. The smallest absolute Gasteiger partial charge is 0.407 e. The van der Waals surface area contributed by atoms with Crippen molar-refractivity contribution in [3.05, 3.63) is 0 Å². The Balaban J connectivity index is 0. The molecule has 0 saturated heterocycles. The largest absolute Gasteiger partial charge is 0.444 e. The molecule has 0 aliphatic rings. The molecule has 0 aromatic rings. The van der Waals surface area contributed by atoms with Crippen LogP contribution in [0.15, 0.2) is 0 Å². The minimum absolute atomic E-state index is 0.140. The molecule has 0 rings (SSSR count). The van der Waals surface area contributed by atoms with Crippen molar-refractivity contribution in [3.8, 4) is 0 Å². The summed E-state index contributed by atoms with van der Waals surface area (Å²) in [5.41, 5.74) is -0.487. The summed E-state index contributed by atoms with van der Waals surface area (Å²) in [6.45, 7) is 11.8. The Labute approximate surface area is 105 Å². The zero-order chi connectivity index (χ0) is 13.9. The molecule has 0 saturated carbocycles. The van der Waals surface area contributed by atoms with Crippen molar-refractivity contribution in [1.82, 2.24) is 5.32 Å². The highest BCUT2D eigenvalue weighted by Crippen LogP contribution is 2.06. The molecule has 0 radical (unpaired) electrons. The van der Waals surface area contributed by atoms with Crippen molar-refractivity contribution in [2.75, 3.05) is 6.54 Å². The monoisotopic (exact) mass is 245 g/mol. The Bertz CT molecular complexity index is 219. The van der Waals surface area contributed by atoms with Crippen molar-refractivity contribution in [2.24, 2.45) is 0 Å². The SMILES string of the molecule is CCC.CCC(=O)CCNC(=O)OC(C)(C)C. The molecule has 1 N–H and O–H groups in total. The molecule has 0 fully saturated rings. The number of carbonyl (C=O) groups is 2. The van der Waals surface area contributed by atoms with Crippen LogP contribution in [0, 0.1) is 0 Å². The van der Waals surface area contributed by atoms with Gasteiger partial charge in [-0.15, -0.1) is 0 Å². The van der Waals surface area contributed by atoms with Crippen LogP contribution in [-0.4, -0.2) is 24.0 Å². The van der Waals surface area contributed by atoms with E-state index < -0.39 is 11.7 Å². The van der Waals surface area contributed by atoms with Gasteiger partial charge in [-0.05, 0) is 20.8 Å². The summed E-state index contributed by atoms with van der Waals surface area (Å²) in [5.74, 6) is 0.140. The van der Waals surface area contributed by atoms with Gasteiger partial charge in [-0.25, -0.2) is 4.79 Å². The predicted octanol–water partition coefficient (Wildman–Crippen LogP) is 3.30. The molecule has 4 heteroatoms. The van der Waals surface area contributed by atoms with E-state index in [4.69, 9.17) is 4.74 Å². The standard InChI is InChI=1S/C10H19NO3.C3H8/c1-5-8(12)6-7-11-9(13)14-10(2,3)4;1-3-2/h5-7H2,1-4H3,(H,11,13);3H2,1-2H3. The summed E-state index contributed by atoms with van der Waals surface area (Å²) in [7, 11) is 0. The average molecular weight is 245 g/mol. The van der Waals surface area contributed by atoms with Crippen LogP contribution in [0.25, 0.3) is 0 Å². The molecule has 0 atom stereocenters. The minimum Gasteiger partial charge on any atom is -0.444 e. The second-order valence-corrected chi connectivity index (χ2v) is 4.78. The van der Waals surface area contributed by atoms with Crippen molar-refractivity contribution in [2.45, 2.75) is 66.4 Å². The van der Waals surface area contributed by atoms with Crippen LogP contribution in [0.3, 0.4) is 0 Å². The summed E-state index contributed by atoms with van der Waals surface area (Å²) >= 11 is 0. The van der Waals surface area contributed by atoms with Gasteiger partial charge < -0.3 is 10.1 Å². The summed E-state index contributed by atoms with van der Waals surface area (Å²) in [6.07, 6.45) is 1.66. The first kappa shape index (κ1) is 18.3. The zero-order valence-corrected chi connectivity index (χ0v) is 12.1. The number of carbonyl (C=O) groups excluding carboxylic acids is 2. The van der Waals surface area contributed by atoms with Crippen molar-refractivity contribution in [1.29, 1.82) is 0 Å². The van der Waals surface area contributed by atoms with Crippen molar-refractivity contribution >= 4 is 11.9 Å². The van der Waals surface area contributed by atoms with Crippen LogP contribution in [0.1, 0.15) is 60.8 Å². The summed E-state index contributed by atoms with van der Waals surface area (Å²) in [6, 6.07) is 0. The topological polar surface area (TPSA) is 55.4 Å². The number of Topliss-reactive ketones (excluding diaryl/α,β-unsaturated/α-hetero) is 1. The van der Waals surface area contributed by atoms with Crippen LogP contribution in [0.5, 0.6) is 0 Å². The predicted molar refractivity (Wildman–Crippen MR) is 70.1 cm³/mol. The average Bonchev–Trinajstić information content (AvgIpc) is 2.15. The zero-order valence-electron chi connectivity index (χ0n) is 12.1. The van der Waals surface area contributed by atoms with Gasteiger partial charge in [0.15, 0.2) is 0 Å². The van der Waals surface area contributed by atoms with Crippen LogP contribution >= 0.6 is 0 Å². The quantitative estimate of drug-likeness (QED) is 0.826. The number of amides is 1. The molecule has 0 bridgehead atoms. The van der Waals surface area contributed by atoms with E-state index in [0.717, 1.165) is 0 Å². The number of hydrogen-bond donors (Lipinski definition) is 1. The van der Waals surface area contributed by atoms with Crippen LogP contribution in [0.4, 0.5) is 4.79 Å². The fourth-order valence-electron chi connectivity index (χ4n) is 0.795. The molecule has 1 amide bonds. The molecule has 102 valence electrons. The van der Waals surface area contributed by atoms with Gasteiger partial charge >= 0.3 is 6.09 Å². The van der Waals surface area contributed by atoms with E-state index in [9.17, 15) is 9.59 Å². The van der Waals surface area contributed by atoms with E-state index in [1.165, 1.54) is 6.42 Å². The second kappa shape index (κ2) is 10.1. The lowest BCUT2D eigenvalue weighted by atomic mass is 10.2. The van der Waals surface area contributed by atoms with E-state index in [0.29, 0.717) is 19.4 Å². The van der Waals surface area contributed by atoms with E-state index in [1.807, 2.05) is 0 Å².